The zero-order valence-corrected chi connectivity index (χ0v) is 10.6. The van der Waals surface area contributed by atoms with E-state index in [9.17, 15) is 0 Å². The largest absolute Gasteiger partial charge is 0.327 e. The molecular formula is C12H17Cl2N. The highest BCUT2D eigenvalue weighted by Crippen LogP contribution is 2.29. The van der Waals surface area contributed by atoms with Crippen LogP contribution in [0, 0.1) is 0 Å². The van der Waals surface area contributed by atoms with Crippen LogP contribution in [0.3, 0.4) is 0 Å². The van der Waals surface area contributed by atoms with Crippen LogP contribution in [0.4, 0.5) is 0 Å². The average Bonchev–Trinajstić information content (AvgIpc) is 2.17. The van der Waals surface area contributed by atoms with Gasteiger partial charge in [-0.05, 0) is 30.0 Å². The van der Waals surface area contributed by atoms with Gasteiger partial charge in [0.05, 0.1) is 0 Å². The molecule has 0 saturated heterocycles. The summed E-state index contributed by atoms with van der Waals surface area (Å²) >= 11 is 12.0. The van der Waals surface area contributed by atoms with Gasteiger partial charge < -0.3 is 5.73 Å². The number of benzene rings is 1. The Kier molecular flexibility index (Phi) is 4.91. The molecule has 0 heterocycles. The molecule has 0 spiro atoms. The van der Waals surface area contributed by atoms with Crippen molar-refractivity contribution in [2.45, 2.75) is 38.6 Å². The fraction of sp³-hybridized carbons (Fsp3) is 0.500. The topological polar surface area (TPSA) is 26.0 Å². The van der Waals surface area contributed by atoms with Crippen LogP contribution < -0.4 is 5.73 Å². The molecule has 0 fully saturated rings. The van der Waals surface area contributed by atoms with Gasteiger partial charge in [0.25, 0.3) is 0 Å². The maximum absolute atomic E-state index is 6.13. The van der Waals surface area contributed by atoms with Crippen molar-refractivity contribution in [2.24, 2.45) is 5.73 Å². The highest BCUT2D eigenvalue weighted by atomic mass is 35.5. The first-order chi connectivity index (χ1) is 7.06. The Hall–Kier alpha value is -0.240. The minimum absolute atomic E-state index is 0.161. The summed E-state index contributed by atoms with van der Waals surface area (Å²) < 4.78 is 0. The van der Waals surface area contributed by atoms with Crippen LogP contribution in [0.5, 0.6) is 0 Å². The van der Waals surface area contributed by atoms with Crippen LogP contribution >= 0.6 is 23.2 Å². The molecule has 2 atom stereocenters. The van der Waals surface area contributed by atoms with Crippen molar-refractivity contribution in [2.75, 3.05) is 0 Å². The molecule has 0 amide bonds. The first-order valence-corrected chi connectivity index (χ1v) is 6.02. The molecule has 0 aromatic heterocycles. The lowest BCUT2D eigenvalue weighted by Crippen LogP contribution is -2.26. The molecule has 1 rings (SSSR count). The number of halogens is 2. The van der Waals surface area contributed by atoms with Crippen molar-refractivity contribution in [3.05, 3.63) is 33.8 Å². The molecule has 1 aromatic rings. The second-order valence-electron chi connectivity index (χ2n) is 3.91. The zero-order chi connectivity index (χ0) is 11.4. The van der Waals surface area contributed by atoms with Gasteiger partial charge >= 0.3 is 0 Å². The molecule has 1 aromatic carbocycles. The quantitative estimate of drug-likeness (QED) is 0.845. The van der Waals surface area contributed by atoms with Crippen molar-refractivity contribution in [3.8, 4) is 0 Å². The maximum atomic E-state index is 6.13. The molecule has 0 aliphatic carbocycles. The summed E-state index contributed by atoms with van der Waals surface area (Å²) in [5.74, 6) is 0.273. The van der Waals surface area contributed by atoms with Crippen molar-refractivity contribution < 1.29 is 0 Å². The first kappa shape index (κ1) is 12.8. The van der Waals surface area contributed by atoms with Gasteiger partial charge in [0.1, 0.15) is 0 Å². The van der Waals surface area contributed by atoms with E-state index in [1.807, 2.05) is 12.1 Å². The fourth-order valence-corrected chi connectivity index (χ4v) is 2.27. The molecule has 0 radical (unpaired) electrons. The van der Waals surface area contributed by atoms with Gasteiger partial charge in [-0.2, -0.15) is 0 Å². The Bertz CT molecular complexity index is 325. The van der Waals surface area contributed by atoms with E-state index in [4.69, 9.17) is 28.9 Å². The van der Waals surface area contributed by atoms with Crippen molar-refractivity contribution in [1.82, 2.24) is 0 Å². The Balaban J connectivity index is 2.86. The second kappa shape index (κ2) is 5.74. The first-order valence-electron chi connectivity index (χ1n) is 5.26. The van der Waals surface area contributed by atoms with E-state index in [0.717, 1.165) is 18.4 Å². The molecular weight excluding hydrogens is 229 g/mol. The van der Waals surface area contributed by atoms with Crippen LogP contribution in [-0.4, -0.2) is 6.04 Å². The van der Waals surface area contributed by atoms with Gasteiger partial charge in [-0.15, -0.1) is 0 Å². The highest BCUT2D eigenvalue weighted by molar-refractivity contribution is 6.35. The molecule has 0 bridgehead atoms. The number of nitrogens with two attached hydrogens (primary N) is 1. The molecule has 2 unspecified atom stereocenters. The summed E-state index contributed by atoms with van der Waals surface area (Å²) in [5, 5.41) is 1.38. The predicted molar refractivity (Wildman–Crippen MR) is 67.8 cm³/mol. The van der Waals surface area contributed by atoms with Crippen LogP contribution in [0.2, 0.25) is 10.0 Å². The van der Waals surface area contributed by atoms with Gasteiger partial charge in [0, 0.05) is 16.1 Å². The van der Waals surface area contributed by atoms with E-state index >= 15 is 0 Å². The van der Waals surface area contributed by atoms with E-state index in [2.05, 4.69) is 13.8 Å². The monoisotopic (exact) mass is 245 g/mol. The van der Waals surface area contributed by atoms with Crippen LogP contribution in [0.1, 0.15) is 38.2 Å². The van der Waals surface area contributed by atoms with Crippen molar-refractivity contribution in [3.63, 3.8) is 0 Å². The van der Waals surface area contributed by atoms with Crippen molar-refractivity contribution >= 4 is 23.2 Å². The van der Waals surface area contributed by atoms with Crippen molar-refractivity contribution in [1.29, 1.82) is 0 Å². The Morgan fingerprint density at radius 1 is 1.33 bits per heavy atom. The van der Waals surface area contributed by atoms with Gasteiger partial charge in [0.2, 0.25) is 0 Å². The lowest BCUT2D eigenvalue weighted by molar-refractivity contribution is 0.522. The van der Waals surface area contributed by atoms with Crippen LogP contribution in [0.15, 0.2) is 18.2 Å². The van der Waals surface area contributed by atoms with Gasteiger partial charge in [-0.3, -0.25) is 0 Å². The standard InChI is InChI=1S/C12H17Cl2N/c1-3-4-12(15)8(2)10-6-5-9(13)7-11(10)14/h5-8,12H,3-4,15H2,1-2H3. The third-order valence-electron chi connectivity index (χ3n) is 2.72. The Labute approximate surface area is 102 Å². The molecule has 0 aliphatic heterocycles. The van der Waals surface area contributed by atoms with Gasteiger partial charge in [0.15, 0.2) is 0 Å². The lowest BCUT2D eigenvalue weighted by Gasteiger charge is -2.20. The van der Waals surface area contributed by atoms with Gasteiger partial charge in [-0.1, -0.05) is 49.5 Å². The number of hydrogen-bond acceptors (Lipinski definition) is 1. The van der Waals surface area contributed by atoms with E-state index in [-0.39, 0.29) is 12.0 Å². The molecule has 84 valence electrons. The number of hydrogen-bond donors (Lipinski definition) is 1. The summed E-state index contributed by atoms with van der Waals surface area (Å²) in [6.45, 7) is 4.24. The third-order valence-corrected chi connectivity index (χ3v) is 3.28. The molecule has 3 heteroatoms. The van der Waals surface area contributed by atoms with Gasteiger partial charge in [-0.25, -0.2) is 0 Å². The Morgan fingerprint density at radius 2 is 2.00 bits per heavy atom. The highest BCUT2D eigenvalue weighted by Gasteiger charge is 2.16. The predicted octanol–water partition coefficient (Wildman–Crippen LogP) is 4.22. The van der Waals surface area contributed by atoms with Crippen LogP contribution in [0.25, 0.3) is 0 Å². The van der Waals surface area contributed by atoms with Crippen LogP contribution in [-0.2, 0) is 0 Å². The smallest absolute Gasteiger partial charge is 0.0456 e. The lowest BCUT2D eigenvalue weighted by atomic mass is 9.91. The summed E-state index contributed by atoms with van der Waals surface area (Å²) in [5.41, 5.74) is 7.16. The summed E-state index contributed by atoms with van der Waals surface area (Å²) in [7, 11) is 0. The number of rotatable bonds is 4. The van der Waals surface area contributed by atoms with E-state index in [1.54, 1.807) is 6.07 Å². The molecule has 0 aliphatic rings. The molecule has 1 nitrogen and oxygen atoms in total. The third kappa shape index (κ3) is 3.37. The normalized spacial score (nSPS) is 15.0. The van der Waals surface area contributed by atoms with E-state index < -0.39 is 0 Å². The summed E-state index contributed by atoms with van der Waals surface area (Å²) in [4.78, 5) is 0. The second-order valence-corrected chi connectivity index (χ2v) is 4.75. The maximum Gasteiger partial charge on any atom is 0.0456 e. The molecule has 2 N–H and O–H groups in total. The zero-order valence-electron chi connectivity index (χ0n) is 9.13. The SMILES string of the molecule is CCCC(N)C(C)c1ccc(Cl)cc1Cl. The summed E-state index contributed by atoms with van der Waals surface area (Å²) in [6.07, 6.45) is 2.11. The minimum atomic E-state index is 0.161. The summed E-state index contributed by atoms with van der Waals surface area (Å²) in [6, 6.07) is 5.75. The fourth-order valence-electron chi connectivity index (χ4n) is 1.68. The molecule has 15 heavy (non-hydrogen) atoms. The minimum Gasteiger partial charge on any atom is -0.327 e. The Morgan fingerprint density at radius 3 is 2.53 bits per heavy atom. The van der Waals surface area contributed by atoms with E-state index in [0.29, 0.717) is 10.0 Å². The van der Waals surface area contributed by atoms with E-state index in [1.165, 1.54) is 0 Å². The average molecular weight is 246 g/mol. The molecule has 0 saturated carbocycles.